The van der Waals surface area contributed by atoms with E-state index in [9.17, 15) is 26.4 Å². The van der Waals surface area contributed by atoms with Gasteiger partial charge in [-0.1, -0.05) is 6.07 Å². The standard InChI is InChI=1S/C24H27F3N8O4S/c1-34(40(37)38)21-16(4-3-7-29-21)13-30-20-17(24(25,26)27)14-31-23(33-20)32-18-6-5-15(12-19(18)39-2)22(36)35-10-8-28-9-11-35/h3-7,12,14,28,40H,8-11,13H2,1-2H3,(H2,30,31,32,33). The fourth-order valence-electron chi connectivity index (χ4n) is 4.00. The third-order valence-corrected chi connectivity index (χ3v) is 6.74. The number of methoxy groups -OCH3 is 1. The van der Waals surface area contributed by atoms with Gasteiger partial charge in [-0.15, -0.1) is 0 Å². The number of benzene rings is 1. The summed E-state index contributed by atoms with van der Waals surface area (Å²) in [5.74, 6) is -0.522. The van der Waals surface area contributed by atoms with Gasteiger partial charge >= 0.3 is 6.18 Å². The number of carbonyl (C=O) groups is 1. The SMILES string of the molecule is COc1cc(C(=O)N2CCNCC2)ccc1Nc1ncc(C(F)(F)F)c(NCc2cccnc2N(C)[SH](=O)=O)n1. The first-order valence-electron chi connectivity index (χ1n) is 12.0. The van der Waals surface area contributed by atoms with E-state index in [1.807, 2.05) is 0 Å². The maximum atomic E-state index is 13.7. The monoisotopic (exact) mass is 580 g/mol. The molecule has 0 radical (unpaired) electrons. The molecule has 0 unspecified atom stereocenters. The van der Waals surface area contributed by atoms with Crippen LogP contribution in [0.25, 0.3) is 0 Å². The number of alkyl halides is 3. The molecule has 0 bridgehead atoms. The highest BCUT2D eigenvalue weighted by molar-refractivity contribution is 7.74. The van der Waals surface area contributed by atoms with E-state index in [1.54, 1.807) is 17.0 Å². The first-order chi connectivity index (χ1) is 19.1. The summed E-state index contributed by atoms with van der Waals surface area (Å²) in [6.45, 7) is 2.33. The second kappa shape index (κ2) is 12.3. The van der Waals surface area contributed by atoms with Crippen LogP contribution in [0, 0.1) is 0 Å². The minimum Gasteiger partial charge on any atom is -0.495 e. The number of halogens is 3. The highest BCUT2D eigenvalue weighted by Gasteiger charge is 2.35. The number of pyridine rings is 1. The second-order valence-electron chi connectivity index (χ2n) is 8.64. The first-order valence-corrected chi connectivity index (χ1v) is 13.2. The Bertz CT molecular complexity index is 1440. The maximum Gasteiger partial charge on any atom is 0.421 e. The Balaban J connectivity index is 1.59. The van der Waals surface area contributed by atoms with Crippen molar-refractivity contribution in [3.05, 3.63) is 59.4 Å². The molecule has 1 amide bonds. The predicted octanol–water partition coefficient (Wildman–Crippen LogP) is 2.26. The topological polar surface area (TPSA) is 142 Å². The maximum absolute atomic E-state index is 13.7. The summed E-state index contributed by atoms with van der Waals surface area (Å²) < 4.78 is 70.3. The van der Waals surface area contributed by atoms with Crippen molar-refractivity contribution in [2.24, 2.45) is 0 Å². The Labute approximate surface area is 229 Å². The van der Waals surface area contributed by atoms with Gasteiger partial charge in [0, 0.05) is 63.3 Å². The summed E-state index contributed by atoms with van der Waals surface area (Å²) in [4.78, 5) is 26.4. The van der Waals surface area contributed by atoms with Crippen LogP contribution in [0.4, 0.5) is 36.4 Å². The number of carbonyl (C=O) groups excluding carboxylic acids is 1. The summed E-state index contributed by atoms with van der Waals surface area (Å²) in [5.41, 5.74) is -0.0508. The van der Waals surface area contributed by atoms with Crippen molar-refractivity contribution in [1.82, 2.24) is 25.2 Å². The number of amides is 1. The summed E-state index contributed by atoms with van der Waals surface area (Å²) in [5, 5.41) is 8.65. The number of nitrogens with one attached hydrogen (secondary N) is 3. The minimum atomic E-state index is -4.77. The number of ether oxygens (including phenoxy) is 1. The number of anilines is 4. The highest BCUT2D eigenvalue weighted by Crippen LogP contribution is 2.35. The number of nitrogens with zero attached hydrogens (tertiary/aromatic N) is 5. The van der Waals surface area contributed by atoms with E-state index in [-0.39, 0.29) is 30.0 Å². The van der Waals surface area contributed by atoms with Gasteiger partial charge in [0.25, 0.3) is 5.91 Å². The third-order valence-electron chi connectivity index (χ3n) is 6.06. The van der Waals surface area contributed by atoms with Crippen LogP contribution >= 0.6 is 0 Å². The first kappa shape index (κ1) is 28.8. The molecule has 1 aromatic carbocycles. The molecule has 0 spiro atoms. The van der Waals surface area contributed by atoms with Crippen molar-refractivity contribution in [3.8, 4) is 5.75 Å². The molecule has 4 rings (SSSR count). The Morgan fingerprint density at radius 3 is 2.62 bits per heavy atom. The van der Waals surface area contributed by atoms with Crippen molar-refractivity contribution >= 4 is 40.1 Å². The molecule has 12 nitrogen and oxygen atoms in total. The lowest BCUT2D eigenvalue weighted by Crippen LogP contribution is -2.46. The van der Waals surface area contributed by atoms with Gasteiger partial charge in [0.1, 0.15) is 22.9 Å². The van der Waals surface area contributed by atoms with Crippen molar-refractivity contribution in [1.29, 1.82) is 0 Å². The highest BCUT2D eigenvalue weighted by atomic mass is 32.2. The van der Waals surface area contributed by atoms with Gasteiger partial charge in [-0.3, -0.25) is 9.10 Å². The molecule has 1 saturated heterocycles. The van der Waals surface area contributed by atoms with E-state index in [0.29, 0.717) is 49.2 Å². The number of rotatable bonds is 9. The van der Waals surface area contributed by atoms with Gasteiger partial charge in [0.2, 0.25) is 16.8 Å². The number of hydrogen-bond acceptors (Lipinski definition) is 10. The molecule has 1 fully saturated rings. The Hall–Kier alpha value is -4.18. The molecule has 3 N–H and O–H groups in total. The molecule has 1 aliphatic rings. The molecular formula is C24H27F3N8O4S. The number of thiol groups is 1. The lowest BCUT2D eigenvalue weighted by molar-refractivity contribution is -0.137. The van der Waals surface area contributed by atoms with Crippen LogP contribution in [-0.4, -0.2) is 74.5 Å². The Kier molecular flexibility index (Phi) is 8.89. The lowest BCUT2D eigenvalue weighted by Gasteiger charge is -2.27. The van der Waals surface area contributed by atoms with Gasteiger partial charge in [-0.25, -0.2) is 18.4 Å². The lowest BCUT2D eigenvalue weighted by atomic mass is 10.1. The Morgan fingerprint density at radius 1 is 1.20 bits per heavy atom. The summed E-state index contributed by atoms with van der Waals surface area (Å²) in [7, 11) is -0.324. The van der Waals surface area contributed by atoms with Crippen LogP contribution in [0.1, 0.15) is 21.5 Å². The molecule has 3 aromatic rings. The van der Waals surface area contributed by atoms with Crippen LogP contribution < -0.4 is 25.0 Å². The summed E-state index contributed by atoms with van der Waals surface area (Å²) >= 11 is 0. The van der Waals surface area contributed by atoms with Crippen molar-refractivity contribution in [3.63, 3.8) is 0 Å². The largest absolute Gasteiger partial charge is 0.495 e. The quantitative estimate of drug-likeness (QED) is 0.279. The van der Waals surface area contributed by atoms with Gasteiger partial charge in [-0.05, 0) is 24.3 Å². The fraction of sp³-hybridized carbons (Fsp3) is 0.333. The molecule has 40 heavy (non-hydrogen) atoms. The molecule has 0 aliphatic carbocycles. The number of aromatic nitrogens is 3. The second-order valence-corrected chi connectivity index (χ2v) is 9.71. The zero-order chi connectivity index (χ0) is 28.9. The van der Waals surface area contributed by atoms with E-state index in [2.05, 4.69) is 30.9 Å². The van der Waals surface area contributed by atoms with E-state index in [1.165, 1.54) is 38.6 Å². The van der Waals surface area contributed by atoms with E-state index in [0.717, 1.165) is 4.31 Å². The van der Waals surface area contributed by atoms with Crippen LogP contribution in [0.5, 0.6) is 5.75 Å². The van der Waals surface area contributed by atoms with Crippen LogP contribution in [0.2, 0.25) is 0 Å². The van der Waals surface area contributed by atoms with Crippen molar-refractivity contribution in [2.75, 3.05) is 55.3 Å². The molecule has 214 valence electrons. The van der Waals surface area contributed by atoms with Gasteiger partial charge in [0.15, 0.2) is 0 Å². The van der Waals surface area contributed by atoms with E-state index in [4.69, 9.17) is 4.74 Å². The molecule has 0 saturated carbocycles. The Morgan fingerprint density at radius 2 is 1.95 bits per heavy atom. The number of piperazine rings is 1. The number of hydrogen-bond donors (Lipinski definition) is 4. The summed E-state index contributed by atoms with van der Waals surface area (Å²) in [6.07, 6.45) is -2.76. The van der Waals surface area contributed by atoms with Crippen molar-refractivity contribution in [2.45, 2.75) is 12.7 Å². The van der Waals surface area contributed by atoms with Crippen molar-refractivity contribution < 1.29 is 31.1 Å². The van der Waals surface area contributed by atoms with E-state index >= 15 is 0 Å². The molecule has 2 aromatic heterocycles. The molecule has 1 aliphatic heterocycles. The van der Waals surface area contributed by atoms with Crippen LogP contribution in [0.3, 0.4) is 0 Å². The third kappa shape index (κ3) is 6.69. The zero-order valence-electron chi connectivity index (χ0n) is 21.5. The smallest absolute Gasteiger partial charge is 0.421 e. The molecule has 0 atom stereocenters. The molecule has 16 heteroatoms. The fourth-order valence-corrected chi connectivity index (χ4v) is 4.33. The van der Waals surface area contributed by atoms with Gasteiger partial charge < -0.3 is 25.6 Å². The molecule has 3 heterocycles. The van der Waals surface area contributed by atoms with E-state index < -0.39 is 28.4 Å². The average Bonchev–Trinajstić information content (AvgIpc) is 2.95. The van der Waals surface area contributed by atoms with Gasteiger partial charge in [0.05, 0.1) is 12.8 Å². The average molecular weight is 581 g/mol. The van der Waals surface area contributed by atoms with Crippen LogP contribution in [-0.2, 0) is 23.6 Å². The normalized spacial score (nSPS) is 13.7. The molecular weight excluding hydrogens is 553 g/mol. The van der Waals surface area contributed by atoms with Crippen LogP contribution in [0.15, 0.2) is 42.7 Å². The summed E-state index contributed by atoms with van der Waals surface area (Å²) in [6, 6.07) is 7.75. The minimum absolute atomic E-state index is 0.0623. The zero-order valence-corrected chi connectivity index (χ0v) is 22.4. The van der Waals surface area contributed by atoms with Gasteiger partial charge in [-0.2, -0.15) is 18.2 Å². The predicted molar refractivity (Wildman–Crippen MR) is 142 cm³/mol.